The van der Waals surface area contributed by atoms with Crippen LogP contribution in [0.3, 0.4) is 0 Å². The predicted molar refractivity (Wildman–Crippen MR) is 92.6 cm³/mol. The van der Waals surface area contributed by atoms with Gasteiger partial charge in [0.1, 0.15) is 10.5 Å². The van der Waals surface area contributed by atoms with E-state index in [1.54, 1.807) is 0 Å². The van der Waals surface area contributed by atoms with Crippen molar-refractivity contribution in [1.29, 1.82) is 0 Å². The molecule has 1 N–H and O–H groups in total. The fourth-order valence-corrected chi connectivity index (χ4v) is 3.76. The fourth-order valence-electron chi connectivity index (χ4n) is 2.90. The number of hydrogen-bond donors (Lipinski definition) is 1. The van der Waals surface area contributed by atoms with Crippen LogP contribution in [0.1, 0.15) is 48.7 Å². The van der Waals surface area contributed by atoms with E-state index in [0.29, 0.717) is 10.6 Å². The van der Waals surface area contributed by atoms with E-state index in [1.807, 2.05) is 24.3 Å². The molecule has 0 unspecified atom stereocenters. The smallest absolute Gasteiger partial charge is 0.144 e. The van der Waals surface area contributed by atoms with Gasteiger partial charge >= 0.3 is 0 Å². The average Bonchev–Trinajstić information content (AvgIpc) is 2.99. The van der Waals surface area contributed by atoms with Gasteiger partial charge in [0.05, 0.1) is 4.47 Å². The van der Waals surface area contributed by atoms with Crippen LogP contribution >= 0.6 is 39.7 Å². The van der Waals surface area contributed by atoms with E-state index >= 15 is 0 Å². The van der Waals surface area contributed by atoms with E-state index in [9.17, 15) is 0 Å². The molecular formula is C16H16BrClN2S. The highest BCUT2D eigenvalue weighted by Gasteiger charge is 2.21. The van der Waals surface area contributed by atoms with E-state index in [4.69, 9.17) is 23.8 Å². The summed E-state index contributed by atoms with van der Waals surface area (Å²) in [5.41, 5.74) is 2.40. The molecule has 2 nitrogen and oxygen atoms in total. The summed E-state index contributed by atoms with van der Waals surface area (Å²) in [5, 5.41) is 0.752. The predicted octanol–water partition coefficient (Wildman–Crippen LogP) is 5.80. The Balaban J connectivity index is 1.92. The van der Waals surface area contributed by atoms with Crippen molar-refractivity contribution in [2.75, 3.05) is 0 Å². The molecule has 0 saturated heterocycles. The third-order valence-corrected chi connectivity index (χ3v) is 5.60. The summed E-state index contributed by atoms with van der Waals surface area (Å²) in [6, 6.07) is 7.86. The number of hydrogen-bond acceptors (Lipinski definition) is 2. The van der Waals surface area contributed by atoms with Crippen LogP contribution < -0.4 is 0 Å². The zero-order valence-corrected chi connectivity index (χ0v) is 14.7. The fraction of sp³-hybridized carbons (Fsp3) is 0.375. The summed E-state index contributed by atoms with van der Waals surface area (Å²) in [6.07, 6.45) is 5.80. The van der Waals surface area contributed by atoms with Gasteiger partial charge in [-0.15, -0.1) is 0 Å². The molecule has 0 bridgehead atoms. The summed E-state index contributed by atoms with van der Waals surface area (Å²) in [7, 11) is 0. The van der Waals surface area contributed by atoms with Crippen LogP contribution in [-0.2, 0) is 6.42 Å². The van der Waals surface area contributed by atoms with E-state index in [-0.39, 0.29) is 0 Å². The van der Waals surface area contributed by atoms with Crippen molar-refractivity contribution in [1.82, 2.24) is 9.97 Å². The van der Waals surface area contributed by atoms with Crippen molar-refractivity contribution in [3.8, 4) is 0 Å². The molecule has 110 valence electrons. The summed E-state index contributed by atoms with van der Waals surface area (Å²) in [6.45, 7) is 0. The van der Waals surface area contributed by atoms with E-state index in [2.05, 4.69) is 25.9 Å². The van der Waals surface area contributed by atoms with Gasteiger partial charge in [-0.2, -0.15) is 0 Å². The van der Waals surface area contributed by atoms with E-state index in [0.717, 1.165) is 21.7 Å². The Hall–Kier alpha value is -0.710. The molecule has 1 aromatic heterocycles. The molecule has 1 fully saturated rings. The lowest BCUT2D eigenvalue weighted by Gasteiger charge is -2.14. The van der Waals surface area contributed by atoms with Crippen molar-refractivity contribution in [2.45, 2.75) is 38.0 Å². The molecule has 1 saturated carbocycles. The molecule has 21 heavy (non-hydrogen) atoms. The maximum Gasteiger partial charge on any atom is 0.144 e. The van der Waals surface area contributed by atoms with Crippen LogP contribution in [0.4, 0.5) is 0 Å². The van der Waals surface area contributed by atoms with Crippen molar-refractivity contribution in [3.63, 3.8) is 0 Å². The number of rotatable bonds is 3. The molecule has 3 rings (SSSR count). The zero-order chi connectivity index (χ0) is 14.8. The minimum absolute atomic E-state index is 0.577. The van der Waals surface area contributed by atoms with E-state index < -0.39 is 0 Å². The second-order valence-electron chi connectivity index (χ2n) is 5.50. The summed E-state index contributed by atoms with van der Waals surface area (Å²) >= 11 is 14.9. The number of aromatic amines is 1. The summed E-state index contributed by atoms with van der Waals surface area (Å²) < 4.78 is 1.61. The molecule has 0 radical (unpaired) electrons. The van der Waals surface area contributed by atoms with Gasteiger partial charge in [-0.3, -0.25) is 0 Å². The molecule has 5 heteroatoms. The van der Waals surface area contributed by atoms with Gasteiger partial charge < -0.3 is 4.98 Å². The Morgan fingerprint density at radius 2 is 1.90 bits per heavy atom. The highest BCUT2D eigenvalue weighted by Crippen LogP contribution is 2.36. The SMILES string of the molecule is S=c1nc(Cc2ccc(Cl)cc2)[nH]c(C2CCCC2)c1Br. The molecule has 1 aliphatic rings. The van der Waals surface area contributed by atoms with Gasteiger partial charge in [0.15, 0.2) is 0 Å². The normalized spacial score (nSPS) is 15.5. The maximum absolute atomic E-state index is 5.93. The average molecular weight is 384 g/mol. The Kier molecular flexibility index (Phi) is 4.77. The topological polar surface area (TPSA) is 28.7 Å². The number of halogens is 2. The van der Waals surface area contributed by atoms with Crippen molar-refractivity contribution >= 4 is 39.7 Å². The number of nitrogens with one attached hydrogen (secondary N) is 1. The first-order valence-corrected chi connectivity index (χ1v) is 8.74. The Labute approximate surface area is 143 Å². The number of aromatic nitrogens is 2. The van der Waals surface area contributed by atoms with Gasteiger partial charge in [0, 0.05) is 23.1 Å². The van der Waals surface area contributed by atoms with Gasteiger partial charge in [-0.1, -0.05) is 48.8 Å². The maximum atomic E-state index is 5.93. The standard InChI is InChI=1S/C16H16BrClN2S/c17-14-15(11-3-1-2-4-11)19-13(20-16(14)21)9-10-5-7-12(18)8-6-10/h5-8,11H,1-4,9H2,(H,19,20,21). The molecule has 2 aromatic rings. The second-order valence-corrected chi connectivity index (χ2v) is 7.12. The summed E-state index contributed by atoms with van der Waals surface area (Å²) in [5.74, 6) is 1.50. The molecule has 0 aliphatic heterocycles. The first-order valence-electron chi connectivity index (χ1n) is 7.16. The first kappa shape index (κ1) is 15.2. The van der Waals surface area contributed by atoms with Crippen molar-refractivity contribution in [2.24, 2.45) is 0 Å². The molecule has 0 spiro atoms. The molecule has 0 amide bonds. The largest absolute Gasteiger partial charge is 0.346 e. The quantitative estimate of drug-likeness (QED) is 0.678. The molecule has 0 atom stereocenters. The van der Waals surface area contributed by atoms with Crippen LogP contribution in [0.15, 0.2) is 28.7 Å². The van der Waals surface area contributed by atoms with Crippen molar-refractivity contribution in [3.05, 3.63) is 55.5 Å². The third kappa shape index (κ3) is 3.55. The molecule has 1 aromatic carbocycles. The number of nitrogens with zero attached hydrogens (tertiary/aromatic N) is 1. The minimum atomic E-state index is 0.577. The Morgan fingerprint density at radius 1 is 1.24 bits per heavy atom. The molecule has 1 aliphatic carbocycles. The van der Waals surface area contributed by atoms with Gasteiger partial charge in [0.25, 0.3) is 0 Å². The minimum Gasteiger partial charge on any atom is -0.346 e. The lowest BCUT2D eigenvalue weighted by atomic mass is 10.0. The summed E-state index contributed by atoms with van der Waals surface area (Å²) in [4.78, 5) is 8.00. The van der Waals surface area contributed by atoms with Gasteiger partial charge in [-0.25, -0.2) is 4.98 Å². The number of benzene rings is 1. The third-order valence-electron chi connectivity index (χ3n) is 3.99. The van der Waals surface area contributed by atoms with Crippen molar-refractivity contribution < 1.29 is 0 Å². The van der Waals surface area contributed by atoms with Gasteiger partial charge in [-0.05, 0) is 46.5 Å². The second kappa shape index (κ2) is 6.59. The first-order chi connectivity index (χ1) is 10.1. The monoisotopic (exact) mass is 382 g/mol. The highest BCUT2D eigenvalue weighted by molar-refractivity contribution is 9.10. The molecule has 1 heterocycles. The Bertz CT molecular complexity index is 690. The van der Waals surface area contributed by atoms with Crippen LogP contribution in [0.2, 0.25) is 5.02 Å². The Morgan fingerprint density at radius 3 is 2.57 bits per heavy atom. The van der Waals surface area contributed by atoms with Crippen LogP contribution in [-0.4, -0.2) is 9.97 Å². The number of H-pyrrole nitrogens is 1. The molecular weight excluding hydrogens is 368 g/mol. The lowest BCUT2D eigenvalue weighted by molar-refractivity contribution is 0.679. The lowest BCUT2D eigenvalue weighted by Crippen LogP contribution is -2.05. The van der Waals surface area contributed by atoms with Crippen LogP contribution in [0.25, 0.3) is 0 Å². The van der Waals surface area contributed by atoms with Crippen LogP contribution in [0, 0.1) is 4.64 Å². The highest BCUT2D eigenvalue weighted by atomic mass is 79.9. The van der Waals surface area contributed by atoms with Crippen LogP contribution in [0.5, 0.6) is 0 Å². The van der Waals surface area contributed by atoms with E-state index in [1.165, 1.54) is 36.9 Å². The van der Waals surface area contributed by atoms with Gasteiger partial charge in [0.2, 0.25) is 0 Å². The zero-order valence-electron chi connectivity index (χ0n) is 11.5.